The van der Waals surface area contributed by atoms with E-state index in [4.69, 9.17) is 9.47 Å². The highest BCUT2D eigenvalue weighted by Gasteiger charge is 2.23. The van der Waals surface area contributed by atoms with Crippen LogP contribution >= 0.6 is 0 Å². The molecule has 1 fully saturated rings. The van der Waals surface area contributed by atoms with Gasteiger partial charge in [0.05, 0.1) is 6.10 Å². The number of rotatable bonds is 6. The molecule has 78 valence electrons. The molecule has 1 N–H and O–H groups in total. The van der Waals surface area contributed by atoms with Crippen LogP contribution in [0.4, 0.5) is 0 Å². The van der Waals surface area contributed by atoms with Crippen LogP contribution in [-0.4, -0.2) is 39.5 Å². The van der Waals surface area contributed by atoms with E-state index in [1.165, 1.54) is 19.3 Å². The molecule has 2 unspecified atom stereocenters. The van der Waals surface area contributed by atoms with E-state index in [0.717, 1.165) is 19.6 Å². The Morgan fingerprint density at radius 2 is 2.15 bits per heavy atom. The maximum atomic E-state index is 5.72. The lowest BCUT2D eigenvalue weighted by atomic mass is 10.2. The van der Waals surface area contributed by atoms with Crippen LogP contribution in [0, 0.1) is 0 Å². The maximum absolute atomic E-state index is 5.72. The molecule has 0 aromatic rings. The first-order valence-corrected chi connectivity index (χ1v) is 5.14. The Hall–Kier alpha value is -0.120. The molecule has 1 aliphatic carbocycles. The molecule has 1 aliphatic rings. The molecule has 13 heavy (non-hydrogen) atoms. The summed E-state index contributed by atoms with van der Waals surface area (Å²) in [6.45, 7) is 1.65. The molecule has 0 aromatic heterocycles. The van der Waals surface area contributed by atoms with Gasteiger partial charge in [-0.25, -0.2) is 0 Å². The molecular weight excluding hydrogens is 166 g/mol. The van der Waals surface area contributed by atoms with Gasteiger partial charge in [-0.15, -0.1) is 0 Å². The quantitative estimate of drug-likeness (QED) is 0.633. The topological polar surface area (TPSA) is 30.5 Å². The fraction of sp³-hybridized carbons (Fsp3) is 1.00. The van der Waals surface area contributed by atoms with E-state index >= 15 is 0 Å². The Bertz CT molecular complexity index is 130. The highest BCUT2D eigenvalue weighted by molar-refractivity contribution is 4.79. The van der Waals surface area contributed by atoms with Crippen molar-refractivity contribution in [3.05, 3.63) is 0 Å². The van der Waals surface area contributed by atoms with Gasteiger partial charge in [0, 0.05) is 26.4 Å². The van der Waals surface area contributed by atoms with E-state index in [-0.39, 0.29) is 0 Å². The molecule has 0 aromatic carbocycles. The summed E-state index contributed by atoms with van der Waals surface area (Å²) >= 11 is 0. The fourth-order valence-electron chi connectivity index (χ4n) is 1.81. The predicted molar refractivity (Wildman–Crippen MR) is 52.9 cm³/mol. The molecule has 0 saturated heterocycles. The van der Waals surface area contributed by atoms with Gasteiger partial charge in [-0.3, -0.25) is 0 Å². The average Bonchev–Trinajstić information content (AvgIpc) is 2.60. The third-order valence-corrected chi connectivity index (χ3v) is 2.64. The van der Waals surface area contributed by atoms with E-state index < -0.39 is 0 Å². The van der Waals surface area contributed by atoms with Crippen molar-refractivity contribution < 1.29 is 9.47 Å². The van der Waals surface area contributed by atoms with Gasteiger partial charge in [0.15, 0.2) is 0 Å². The standard InChI is InChI=1S/C10H21NO2/c1-11-9-4-5-10(8-9)13-7-3-6-12-2/h9-11H,3-8H2,1-2H3. The minimum absolute atomic E-state index is 0.481. The molecule has 0 bridgehead atoms. The summed E-state index contributed by atoms with van der Waals surface area (Å²) in [7, 11) is 3.75. The molecule has 1 rings (SSSR count). The molecule has 3 heteroatoms. The zero-order chi connectivity index (χ0) is 9.52. The summed E-state index contributed by atoms with van der Waals surface area (Å²) in [6.07, 6.45) is 5.12. The van der Waals surface area contributed by atoms with Gasteiger partial charge in [0.2, 0.25) is 0 Å². The van der Waals surface area contributed by atoms with Crippen LogP contribution in [0.2, 0.25) is 0 Å². The third-order valence-electron chi connectivity index (χ3n) is 2.64. The second kappa shape index (κ2) is 6.35. The van der Waals surface area contributed by atoms with Crippen molar-refractivity contribution in [1.82, 2.24) is 5.32 Å². The molecule has 0 aliphatic heterocycles. The predicted octanol–water partition coefficient (Wildman–Crippen LogP) is 1.18. The monoisotopic (exact) mass is 187 g/mol. The summed E-state index contributed by atoms with van der Waals surface area (Å²) in [5, 5.41) is 3.29. The van der Waals surface area contributed by atoms with E-state index in [0.29, 0.717) is 12.1 Å². The number of ether oxygens (including phenoxy) is 2. The van der Waals surface area contributed by atoms with Crippen LogP contribution in [0.1, 0.15) is 25.7 Å². The summed E-state index contributed by atoms with van der Waals surface area (Å²) in [4.78, 5) is 0. The molecule has 0 radical (unpaired) electrons. The van der Waals surface area contributed by atoms with Crippen LogP contribution in [0.15, 0.2) is 0 Å². The van der Waals surface area contributed by atoms with Crippen molar-refractivity contribution in [2.45, 2.75) is 37.8 Å². The normalized spacial score (nSPS) is 28.2. The van der Waals surface area contributed by atoms with E-state index in [2.05, 4.69) is 5.32 Å². The lowest BCUT2D eigenvalue weighted by Gasteiger charge is -2.11. The molecule has 0 amide bonds. The van der Waals surface area contributed by atoms with Gasteiger partial charge in [-0.2, -0.15) is 0 Å². The number of methoxy groups -OCH3 is 1. The van der Waals surface area contributed by atoms with E-state index in [1.807, 2.05) is 7.05 Å². The Balaban J connectivity index is 1.97. The van der Waals surface area contributed by atoms with Crippen molar-refractivity contribution in [2.24, 2.45) is 0 Å². The van der Waals surface area contributed by atoms with Gasteiger partial charge >= 0.3 is 0 Å². The van der Waals surface area contributed by atoms with Crippen molar-refractivity contribution >= 4 is 0 Å². The zero-order valence-electron chi connectivity index (χ0n) is 8.71. The number of hydrogen-bond acceptors (Lipinski definition) is 3. The van der Waals surface area contributed by atoms with Gasteiger partial charge in [0.1, 0.15) is 0 Å². The largest absolute Gasteiger partial charge is 0.385 e. The van der Waals surface area contributed by atoms with Crippen molar-refractivity contribution in [2.75, 3.05) is 27.4 Å². The minimum atomic E-state index is 0.481. The molecule has 2 atom stereocenters. The first-order chi connectivity index (χ1) is 6.36. The maximum Gasteiger partial charge on any atom is 0.0590 e. The molecule has 0 spiro atoms. The van der Waals surface area contributed by atoms with Gasteiger partial charge in [-0.1, -0.05) is 0 Å². The fourth-order valence-corrected chi connectivity index (χ4v) is 1.81. The SMILES string of the molecule is CNC1CCC(OCCCOC)C1. The van der Waals surface area contributed by atoms with Crippen LogP contribution in [-0.2, 0) is 9.47 Å². The first kappa shape index (κ1) is 11.0. The second-order valence-corrected chi connectivity index (χ2v) is 3.64. The highest BCUT2D eigenvalue weighted by Crippen LogP contribution is 2.21. The van der Waals surface area contributed by atoms with E-state index in [1.54, 1.807) is 7.11 Å². The van der Waals surface area contributed by atoms with Crippen LogP contribution in [0.3, 0.4) is 0 Å². The molecular formula is C10H21NO2. The minimum Gasteiger partial charge on any atom is -0.385 e. The van der Waals surface area contributed by atoms with Crippen molar-refractivity contribution in [3.63, 3.8) is 0 Å². The zero-order valence-corrected chi connectivity index (χ0v) is 8.71. The van der Waals surface area contributed by atoms with Gasteiger partial charge in [-0.05, 0) is 32.7 Å². The smallest absolute Gasteiger partial charge is 0.0590 e. The van der Waals surface area contributed by atoms with Crippen molar-refractivity contribution in [3.8, 4) is 0 Å². The Kier molecular flexibility index (Phi) is 5.35. The van der Waals surface area contributed by atoms with Gasteiger partial charge in [0.25, 0.3) is 0 Å². The lowest BCUT2D eigenvalue weighted by Crippen LogP contribution is -2.22. The number of nitrogens with one attached hydrogen (secondary N) is 1. The second-order valence-electron chi connectivity index (χ2n) is 3.64. The summed E-state index contributed by atoms with van der Waals surface area (Å²) in [5.41, 5.74) is 0. The van der Waals surface area contributed by atoms with Crippen LogP contribution < -0.4 is 5.32 Å². The number of hydrogen-bond donors (Lipinski definition) is 1. The Labute approximate surface area is 80.8 Å². The van der Waals surface area contributed by atoms with Crippen molar-refractivity contribution in [1.29, 1.82) is 0 Å². The van der Waals surface area contributed by atoms with E-state index in [9.17, 15) is 0 Å². The lowest BCUT2D eigenvalue weighted by molar-refractivity contribution is 0.0427. The van der Waals surface area contributed by atoms with Crippen LogP contribution in [0.5, 0.6) is 0 Å². The summed E-state index contributed by atoms with van der Waals surface area (Å²) in [5.74, 6) is 0. The molecule has 1 saturated carbocycles. The highest BCUT2D eigenvalue weighted by atomic mass is 16.5. The molecule has 0 heterocycles. The summed E-state index contributed by atoms with van der Waals surface area (Å²) in [6, 6.07) is 0.674. The Morgan fingerprint density at radius 1 is 1.31 bits per heavy atom. The first-order valence-electron chi connectivity index (χ1n) is 5.14. The summed E-state index contributed by atoms with van der Waals surface area (Å²) < 4.78 is 10.7. The average molecular weight is 187 g/mol. The van der Waals surface area contributed by atoms with Crippen LogP contribution in [0.25, 0.3) is 0 Å². The third kappa shape index (κ3) is 4.07. The van der Waals surface area contributed by atoms with Gasteiger partial charge < -0.3 is 14.8 Å². The Morgan fingerprint density at radius 3 is 2.77 bits per heavy atom. The molecule has 3 nitrogen and oxygen atoms in total.